The number of terminal acetylenes is 1. The van der Waals surface area contributed by atoms with Gasteiger partial charge in [0.1, 0.15) is 11.5 Å². The average molecular weight is 435 g/mol. The largest absolute Gasteiger partial charge is 0.457 e. The van der Waals surface area contributed by atoms with Gasteiger partial charge in [-0.2, -0.15) is 0 Å². The van der Waals surface area contributed by atoms with E-state index in [1.165, 1.54) is 0 Å². The van der Waals surface area contributed by atoms with Crippen molar-refractivity contribution < 1.29 is 4.74 Å². The predicted octanol–water partition coefficient (Wildman–Crippen LogP) is 4.63. The Morgan fingerprint density at radius 2 is 1.83 bits per heavy atom. The quantitative estimate of drug-likeness (QED) is 0.219. The molecule has 0 aliphatic rings. The second kappa shape index (κ2) is 11.4. The molecule has 3 N–H and O–H groups in total. The van der Waals surface area contributed by atoms with Gasteiger partial charge in [-0.15, -0.1) is 36.3 Å². The first-order chi connectivity index (χ1) is 11.3. The van der Waals surface area contributed by atoms with Crippen LogP contribution < -0.4 is 15.8 Å². The standard InChI is InChI=1S/C19H21N3O.HI/c1-2-3-4-8-14-21-19(20)22-16-10-9-13-18(15-16)23-17-11-6-5-7-12-17;/h1,5-7,9-13,15H,3-4,8,14H2,(H3,20,21,22);1H. The van der Waals surface area contributed by atoms with Gasteiger partial charge in [0.05, 0.1) is 0 Å². The topological polar surface area (TPSA) is 59.6 Å². The van der Waals surface area contributed by atoms with Gasteiger partial charge in [0.2, 0.25) is 0 Å². The fourth-order valence-corrected chi connectivity index (χ4v) is 1.99. The van der Waals surface area contributed by atoms with Gasteiger partial charge in [0.15, 0.2) is 5.96 Å². The molecule has 5 heteroatoms. The van der Waals surface area contributed by atoms with E-state index >= 15 is 0 Å². The highest BCUT2D eigenvalue weighted by atomic mass is 127. The number of unbranched alkanes of at least 4 members (excludes halogenated alkanes) is 2. The number of benzene rings is 2. The molecule has 0 saturated heterocycles. The number of rotatable bonds is 7. The van der Waals surface area contributed by atoms with Crippen LogP contribution in [0.15, 0.2) is 59.6 Å². The van der Waals surface area contributed by atoms with Gasteiger partial charge in [-0.1, -0.05) is 24.3 Å². The number of nitrogens with two attached hydrogens (primary N) is 1. The Balaban J connectivity index is 0.00000288. The molecule has 0 unspecified atom stereocenters. The number of halogens is 1. The van der Waals surface area contributed by atoms with Crippen LogP contribution in [0.3, 0.4) is 0 Å². The van der Waals surface area contributed by atoms with Crippen LogP contribution in [0.1, 0.15) is 19.3 Å². The summed E-state index contributed by atoms with van der Waals surface area (Å²) in [6.07, 6.45) is 7.89. The van der Waals surface area contributed by atoms with Crippen molar-refractivity contribution in [3.05, 3.63) is 54.6 Å². The zero-order valence-electron chi connectivity index (χ0n) is 13.4. The van der Waals surface area contributed by atoms with E-state index in [9.17, 15) is 0 Å². The third-order valence-corrected chi connectivity index (χ3v) is 3.10. The van der Waals surface area contributed by atoms with Gasteiger partial charge in [-0.3, -0.25) is 4.99 Å². The van der Waals surface area contributed by atoms with Crippen molar-refractivity contribution in [3.63, 3.8) is 0 Å². The van der Waals surface area contributed by atoms with Crippen LogP contribution in [-0.2, 0) is 0 Å². The van der Waals surface area contributed by atoms with Crippen molar-refractivity contribution in [2.75, 3.05) is 11.9 Å². The molecule has 2 aromatic rings. The third kappa shape index (κ3) is 7.38. The van der Waals surface area contributed by atoms with Gasteiger partial charge in [0, 0.05) is 24.7 Å². The Bertz CT molecular complexity index is 681. The number of nitrogens with one attached hydrogen (secondary N) is 1. The molecule has 4 nitrogen and oxygen atoms in total. The van der Waals surface area contributed by atoms with E-state index in [1.807, 2.05) is 54.6 Å². The summed E-state index contributed by atoms with van der Waals surface area (Å²) in [5, 5.41) is 3.07. The lowest BCUT2D eigenvalue weighted by Crippen LogP contribution is -2.22. The molecular weight excluding hydrogens is 413 g/mol. The van der Waals surface area contributed by atoms with Gasteiger partial charge in [-0.25, -0.2) is 0 Å². The first-order valence-corrected chi connectivity index (χ1v) is 7.61. The third-order valence-electron chi connectivity index (χ3n) is 3.10. The maximum Gasteiger partial charge on any atom is 0.193 e. The lowest BCUT2D eigenvalue weighted by atomic mass is 10.2. The van der Waals surface area contributed by atoms with Crippen molar-refractivity contribution in [2.45, 2.75) is 19.3 Å². The first kappa shape index (κ1) is 19.8. The Labute approximate surface area is 160 Å². The van der Waals surface area contributed by atoms with Crippen LogP contribution in [0, 0.1) is 12.3 Å². The highest BCUT2D eigenvalue weighted by Crippen LogP contribution is 2.23. The zero-order valence-corrected chi connectivity index (χ0v) is 15.8. The molecular formula is C19H22IN3O. The van der Waals surface area contributed by atoms with Crippen molar-refractivity contribution in [1.29, 1.82) is 0 Å². The smallest absolute Gasteiger partial charge is 0.193 e. The maximum absolute atomic E-state index is 5.88. The molecule has 2 aromatic carbocycles. The molecule has 0 atom stereocenters. The fraction of sp³-hybridized carbons (Fsp3) is 0.211. The first-order valence-electron chi connectivity index (χ1n) is 7.61. The number of hydrogen-bond acceptors (Lipinski definition) is 2. The maximum atomic E-state index is 5.88. The Hall–Kier alpha value is -2.20. The normalized spacial score (nSPS) is 10.4. The second-order valence-corrected chi connectivity index (χ2v) is 5.00. The monoisotopic (exact) mass is 435 g/mol. The molecule has 126 valence electrons. The molecule has 0 aliphatic heterocycles. The average Bonchev–Trinajstić information content (AvgIpc) is 2.56. The van der Waals surface area contributed by atoms with Crippen LogP contribution in [0.4, 0.5) is 5.69 Å². The number of nitrogens with zero attached hydrogens (tertiary/aromatic N) is 1. The molecule has 0 amide bonds. The van der Waals surface area contributed by atoms with E-state index in [0.29, 0.717) is 12.5 Å². The fourth-order valence-electron chi connectivity index (χ4n) is 1.99. The van der Waals surface area contributed by atoms with Gasteiger partial charge >= 0.3 is 0 Å². The van der Waals surface area contributed by atoms with E-state index in [4.69, 9.17) is 16.9 Å². The molecule has 0 fully saturated rings. The molecule has 2 rings (SSSR count). The van der Waals surface area contributed by atoms with Gasteiger partial charge < -0.3 is 15.8 Å². The van der Waals surface area contributed by atoms with Crippen LogP contribution in [0.5, 0.6) is 11.5 Å². The van der Waals surface area contributed by atoms with Crippen LogP contribution >= 0.6 is 24.0 Å². The minimum Gasteiger partial charge on any atom is -0.457 e. The van der Waals surface area contributed by atoms with Crippen LogP contribution in [0.25, 0.3) is 0 Å². The minimum atomic E-state index is 0. The number of hydrogen-bond donors (Lipinski definition) is 2. The summed E-state index contributed by atoms with van der Waals surface area (Å²) in [7, 11) is 0. The van der Waals surface area contributed by atoms with Crippen molar-refractivity contribution in [1.82, 2.24) is 0 Å². The summed E-state index contributed by atoms with van der Waals surface area (Å²) in [4.78, 5) is 4.28. The van der Waals surface area contributed by atoms with E-state index in [2.05, 4.69) is 16.2 Å². The number of ether oxygens (including phenoxy) is 1. The summed E-state index contributed by atoms with van der Waals surface area (Å²) in [5.74, 6) is 4.53. The summed E-state index contributed by atoms with van der Waals surface area (Å²) < 4.78 is 5.79. The summed E-state index contributed by atoms with van der Waals surface area (Å²) in [6.45, 7) is 0.667. The Morgan fingerprint density at radius 1 is 1.08 bits per heavy atom. The summed E-state index contributed by atoms with van der Waals surface area (Å²) in [6, 6.07) is 17.2. The summed E-state index contributed by atoms with van der Waals surface area (Å²) in [5.41, 5.74) is 6.72. The molecule has 0 spiro atoms. The van der Waals surface area contributed by atoms with E-state index < -0.39 is 0 Å². The lowest BCUT2D eigenvalue weighted by molar-refractivity contribution is 0.483. The number of anilines is 1. The van der Waals surface area contributed by atoms with Gasteiger partial charge in [-0.05, 0) is 37.1 Å². The number of guanidine groups is 1. The Morgan fingerprint density at radius 3 is 2.58 bits per heavy atom. The zero-order chi connectivity index (χ0) is 16.3. The van der Waals surface area contributed by atoms with Gasteiger partial charge in [0.25, 0.3) is 0 Å². The minimum absolute atomic E-state index is 0. The van der Waals surface area contributed by atoms with Crippen LogP contribution in [-0.4, -0.2) is 12.5 Å². The van der Waals surface area contributed by atoms with Crippen molar-refractivity contribution >= 4 is 35.6 Å². The summed E-state index contributed by atoms with van der Waals surface area (Å²) >= 11 is 0. The van der Waals surface area contributed by atoms with E-state index in [-0.39, 0.29) is 24.0 Å². The lowest BCUT2D eigenvalue weighted by Gasteiger charge is -2.09. The van der Waals surface area contributed by atoms with Crippen molar-refractivity contribution in [3.8, 4) is 23.8 Å². The second-order valence-electron chi connectivity index (χ2n) is 5.00. The highest BCUT2D eigenvalue weighted by Gasteiger charge is 2.00. The predicted molar refractivity (Wildman–Crippen MR) is 111 cm³/mol. The molecule has 0 radical (unpaired) electrons. The van der Waals surface area contributed by atoms with Crippen LogP contribution in [0.2, 0.25) is 0 Å². The molecule has 0 aliphatic carbocycles. The molecule has 0 saturated carbocycles. The Kier molecular flexibility index (Phi) is 9.39. The highest BCUT2D eigenvalue weighted by molar-refractivity contribution is 14.0. The number of para-hydroxylation sites is 1. The van der Waals surface area contributed by atoms with E-state index in [0.717, 1.165) is 36.4 Å². The molecule has 0 aromatic heterocycles. The van der Waals surface area contributed by atoms with E-state index in [1.54, 1.807) is 0 Å². The molecule has 0 bridgehead atoms. The SMILES string of the molecule is C#CCCCCN=C(N)Nc1cccc(Oc2ccccc2)c1.I. The molecule has 24 heavy (non-hydrogen) atoms. The number of aliphatic imine (C=N–C) groups is 1. The van der Waals surface area contributed by atoms with Crippen molar-refractivity contribution in [2.24, 2.45) is 10.7 Å². The molecule has 0 heterocycles.